The van der Waals surface area contributed by atoms with Gasteiger partial charge in [0, 0.05) is 42.0 Å². The van der Waals surface area contributed by atoms with E-state index in [1.165, 1.54) is 30.9 Å². The van der Waals surface area contributed by atoms with E-state index >= 15 is 0 Å². The Morgan fingerprint density at radius 1 is 0.486 bits per heavy atom. The third kappa shape index (κ3) is 38.9. The first-order valence-electron chi connectivity index (χ1n) is 42.4. The summed E-state index contributed by atoms with van der Waals surface area (Å²) in [6.45, 7) is 16.9. The van der Waals surface area contributed by atoms with Gasteiger partial charge in [-0.25, -0.2) is 56.9 Å². The quantitative estimate of drug-likeness (QED) is 0.0131. The summed E-state index contributed by atoms with van der Waals surface area (Å²) in [7, 11) is -33.5. The number of pyridine rings is 4. The first kappa shape index (κ1) is 120. The van der Waals surface area contributed by atoms with Crippen molar-refractivity contribution in [1.82, 2.24) is 44.4 Å². The Morgan fingerprint density at radius 3 is 1.15 bits per heavy atom. The molecule has 0 radical (unpaired) electrons. The molecule has 4 aliphatic heterocycles. The second-order valence-corrected chi connectivity index (χ2v) is 40.6. The number of aromatic nitrogens is 8. The maximum Gasteiger partial charge on any atom is 3.00 e. The molecule has 142 heavy (non-hydrogen) atoms. The number of H-pyrrole nitrogens is 2. The van der Waals surface area contributed by atoms with Crippen LogP contribution in [0.4, 0.5) is 11.4 Å². The van der Waals surface area contributed by atoms with Crippen LogP contribution in [0, 0.1) is 98.8 Å². The number of aromatic amines is 2. The summed E-state index contributed by atoms with van der Waals surface area (Å²) >= 11 is 10.2. The number of nitrogens with two attached hydrogens (primary N) is 1. The van der Waals surface area contributed by atoms with Gasteiger partial charge < -0.3 is 75.2 Å². The number of rotatable bonds is 27. The molecule has 2 fully saturated rings. The number of aliphatic imine (C=N–C) groups is 9. The predicted molar refractivity (Wildman–Crippen MR) is 527 cm³/mol. The number of ether oxygens (including phenoxy) is 2. The number of thiocarbonyl (C=S) groups is 2. The van der Waals surface area contributed by atoms with Crippen LogP contribution >= 0.6 is 71.4 Å². The van der Waals surface area contributed by atoms with Crippen LogP contribution in [0.2, 0.25) is 0 Å². The molecule has 8 bridgehead atoms. The van der Waals surface area contributed by atoms with Gasteiger partial charge in [0.1, 0.15) is 24.7 Å². The molecule has 10 heterocycles. The average molecular weight is 2390 g/mol. The molecule has 6 aromatic heterocycles. The fourth-order valence-corrected chi connectivity index (χ4v) is 20.0. The van der Waals surface area contributed by atoms with Gasteiger partial charge in [0.25, 0.3) is 11.1 Å². The minimum Gasteiger partial charge on any atom is -0.405 e. The molecule has 756 valence electrons. The van der Waals surface area contributed by atoms with Crippen molar-refractivity contribution in [1.29, 1.82) is 0 Å². The molecule has 48 nitrogen and oxygen atoms in total. The topological polar surface area (TPSA) is 701 Å². The largest absolute Gasteiger partial charge is 3.00 e. The fraction of sp³-hybridized carbons (Fsp3) is 0.357. The second kappa shape index (κ2) is 55.4. The molecule has 0 saturated carbocycles. The van der Waals surface area contributed by atoms with Crippen LogP contribution in [0.25, 0.3) is 0 Å². The van der Waals surface area contributed by atoms with E-state index < -0.39 is 120 Å². The van der Waals surface area contributed by atoms with Crippen LogP contribution in [0.5, 0.6) is 0 Å². The molecule has 8 aromatic rings. The molecule has 0 aliphatic carbocycles. The van der Waals surface area contributed by atoms with Crippen LogP contribution in [0.15, 0.2) is 222 Å². The molecule has 2 saturated heterocycles. The average Bonchev–Trinajstić information content (AvgIpc) is 1.64. The molecular formula is C84H102Eu2N20O28P6S2+6. The molecule has 0 amide bonds. The first-order chi connectivity index (χ1) is 66.1. The minimum absolute atomic E-state index is 0. The van der Waals surface area contributed by atoms with E-state index in [9.17, 15) is 71.5 Å². The molecule has 4 unspecified atom stereocenters. The van der Waals surface area contributed by atoms with Crippen LogP contribution in [-0.2, 0) is 88.8 Å². The van der Waals surface area contributed by atoms with E-state index in [2.05, 4.69) is 57.0 Å². The number of nitrogens with zero attached hydrogens (tertiary/aromatic N) is 15. The fourth-order valence-electron chi connectivity index (χ4n) is 13.7. The summed E-state index contributed by atoms with van der Waals surface area (Å²) in [6, 6.07) is 38.8. The number of anilines is 1. The van der Waals surface area contributed by atoms with Gasteiger partial charge >= 0.3 is 157 Å². The number of phosphoric acid groups is 6. The standard InChI is InChI=1S/C42H51N10O14P3S.C30H31N7S.C12H20N3O14P3.2Eu/c1-25-33-9-5-11-35(49-33)27(3)46-22-32(47-28(4)36-12-6-10-34(50-36)26(2)44-19-18-43-25)20-29-13-15-31(16-14-29)48-41(70)45-17-7-8-30-23-52(42(55)51-40(30)54)39-21-37(53)38(64-39)24-63-68(59,60)66-69(61,62)65-67(56,57)58;1-20-27-7-5-9-29(36-27)22(3)33-18-26(17-24-11-13-25(14-12-24)34-19-38)35-23(4)30-10-6-8-28(37-30)21(2)32-16-15-31-20;13-3-1-2-7-5-15(12(18)14-11(7)17)10-4-8(16)9(27-10)6-26-31(22,23)29-32(24,25)28-30(19,20)21;;/h5-7,9-17,23,32,37-39,53H,8,18-22,24H2,1-4H3,(H,59,60)(H,61,62)(H2,45,48,70)(H,51,54,55)(H2,56,57,58);5-14,26H,15-18H2,1-4H3;1,3,5,8-10,16H,2,4,6,13H2,(H,22,23)(H,24,25)(H,14,17,18)(H2,19,20,21);;/q;;;2*+3/b17-7+,43-25?,44-26?,46-27?,47-28?;;3-1+;;/t32-,37+,38-,39-;26-;8-,9+,10+;;/m000../s1. The van der Waals surface area contributed by atoms with Crippen molar-refractivity contribution in [2.24, 2.45) is 50.7 Å². The van der Waals surface area contributed by atoms with Gasteiger partial charge in [0.2, 0.25) is 0 Å². The molecule has 12 atom stereocenters. The number of hydrogen-bond donors (Lipinski definition) is 15. The van der Waals surface area contributed by atoms with Crippen LogP contribution < -0.4 is 38.9 Å². The zero-order valence-corrected chi connectivity index (χ0v) is 88.7. The molecular weight excluding hydrogens is 2290 g/mol. The Bertz CT molecular complexity index is 6790. The van der Waals surface area contributed by atoms with Gasteiger partial charge in [0.15, 0.2) is 5.11 Å². The Kier molecular flexibility index (Phi) is 46.7. The molecule has 2 aromatic carbocycles. The number of allylic oxidation sites excluding steroid dienone is 2. The zero-order valence-electron chi connectivity index (χ0n) is 76.9. The van der Waals surface area contributed by atoms with Gasteiger partial charge in [0.05, 0.1) is 179 Å². The molecule has 4 aliphatic rings. The monoisotopic (exact) mass is 2390 g/mol. The Hall–Kier alpha value is -7.64. The third-order valence-corrected chi connectivity index (χ3v) is 28.5. The van der Waals surface area contributed by atoms with E-state index in [-0.39, 0.29) is 153 Å². The van der Waals surface area contributed by atoms with Gasteiger partial charge in [-0.1, -0.05) is 60.7 Å². The second-order valence-electron chi connectivity index (χ2n) is 31.2. The number of benzene rings is 2. The summed E-state index contributed by atoms with van der Waals surface area (Å²) in [5.74, 6) is 0. The summed E-state index contributed by atoms with van der Waals surface area (Å²) in [5, 5.41) is 29.3. The smallest absolute Gasteiger partial charge is 0.405 e. The van der Waals surface area contributed by atoms with Gasteiger partial charge in [-0.3, -0.25) is 77.7 Å². The van der Waals surface area contributed by atoms with E-state index in [4.69, 9.17) is 124 Å². The predicted octanol–water partition coefficient (Wildman–Crippen LogP) is 8.24. The first-order valence-corrected chi connectivity index (χ1v) is 52.3. The minimum atomic E-state index is -5.77. The molecule has 58 heteroatoms. The normalized spacial score (nSPS) is 20.5. The third-order valence-electron chi connectivity index (χ3n) is 20.5. The number of hydrogen-bond acceptors (Lipinski definition) is 36. The maximum absolute atomic E-state index is 12.7. The number of phosphoric ester groups is 2. The summed E-state index contributed by atoms with van der Waals surface area (Å²) in [5.41, 5.74) is 19.0. The molecule has 12 rings (SSSR count). The van der Waals surface area contributed by atoms with Crippen LogP contribution in [0.1, 0.15) is 148 Å². The molecule has 16 N–H and O–H groups in total. The van der Waals surface area contributed by atoms with Crippen LogP contribution in [0.3, 0.4) is 0 Å². The zero-order chi connectivity index (χ0) is 102. The van der Waals surface area contributed by atoms with Crippen molar-refractivity contribution in [3.8, 4) is 0 Å². The van der Waals surface area contributed by atoms with Crippen LogP contribution in [-0.4, -0.2) is 233 Å². The summed E-state index contributed by atoms with van der Waals surface area (Å²) in [6.07, 6.45) is 1.18. The SMILES string of the molecule is CC1=NCCN=C(C)c2cccc(n2)C(C)=N[C@@H](Cc2ccc(N=C=S)cc2)CN=C(C)c2cccc1n2.CC1=NCCN=C(C)c2cccc(n2)C(C)=N[C@@H](Cc2ccc(NC(=S)N/C=C/Cc3cn([C@@H]4C[C@@H](O)[C@H](COP(=O)(O)OP(=O)(O)OP(=O)(O)O)O4)c(=O)[nH]c3=O)cc2)CN=C(C)c2cccc1n2.N/C=C/Cc1cn([C@H]2C[C@H](O)[C@@H](COP(=O)(O)OP(=O)(O)OP(=O)(O)O)O2)c(=O)[nH]c1=O.[Eu+3].[Eu+3]. The van der Waals surface area contributed by atoms with Gasteiger partial charge in [-0.2, -0.15) is 22.2 Å². The summed E-state index contributed by atoms with van der Waals surface area (Å²) < 4.78 is 105. The number of isothiocyanates is 1. The Balaban J connectivity index is 0.000000287. The number of nitrogens with one attached hydrogen (secondary N) is 4. The van der Waals surface area contributed by atoms with Crippen molar-refractivity contribution in [2.75, 3.05) is 57.8 Å². The van der Waals surface area contributed by atoms with Crippen molar-refractivity contribution >= 4 is 139 Å². The van der Waals surface area contributed by atoms with Crippen molar-refractivity contribution in [3.63, 3.8) is 0 Å². The van der Waals surface area contributed by atoms with E-state index in [1.807, 2.05) is 177 Å². The van der Waals surface area contributed by atoms with Gasteiger partial charge in [-0.05, 0) is 202 Å². The van der Waals surface area contributed by atoms with E-state index in [1.54, 1.807) is 6.08 Å². The number of aliphatic hydroxyl groups excluding tert-OH is 2. The Labute approximate surface area is 904 Å². The van der Waals surface area contributed by atoms with E-state index in [0.29, 0.717) is 51.4 Å². The van der Waals surface area contributed by atoms with Crippen molar-refractivity contribution in [3.05, 3.63) is 268 Å². The van der Waals surface area contributed by atoms with E-state index in [0.717, 1.165) is 124 Å². The van der Waals surface area contributed by atoms with Gasteiger partial charge in [-0.15, -0.1) is 0 Å². The summed E-state index contributed by atoms with van der Waals surface area (Å²) in [4.78, 5) is 188. The molecule has 0 spiro atoms. The van der Waals surface area contributed by atoms with Crippen molar-refractivity contribution < 1.29 is 211 Å². The Morgan fingerprint density at radius 2 is 0.817 bits per heavy atom. The maximum atomic E-state index is 12.7. The number of aliphatic hydroxyl groups is 2. The number of fused-ring (bicyclic) bond motifs is 8. The van der Waals surface area contributed by atoms with Crippen molar-refractivity contribution in [2.45, 2.75) is 143 Å².